The molecule has 19 heavy (non-hydrogen) atoms. The number of hydrogen-bond donors (Lipinski definition) is 1. The molecule has 1 atom stereocenters. The fraction of sp³-hybridized carbons (Fsp3) is 0.692. The Bertz CT molecular complexity index is 466. The second-order valence-corrected chi connectivity index (χ2v) is 6.61. The van der Waals surface area contributed by atoms with Gasteiger partial charge < -0.3 is 10.0 Å². The molecule has 1 aliphatic rings. The zero-order chi connectivity index (χ0) is 14.2. The van der Waals surface area contributed by atoms with Crippen molar-refractivity contribution in [2.24, 2.45) is 5.92 Å². The van der Waals surface area contributed by atoms with Crippen LogP contribution < -0.4 is 4.90 Å². The predicted molar refractivity (Wildman–Crippen MR) is 76.8 cm³/mol. The summed E-state index contributed by atoms with van der Waals surface area (Å²) in [6, 6.07) is 1.95. The fourth-order valence-electron chi connectivity index (χ4n) is 2.11. The number of aliphatic hydroxyl groups is 1. The molecule has 2 rings (SSSR count). The van der Waals surface area contributed by atoms with Gasteiger partial charge in [-0.1, -0.05) is 13.8 Å². The SMILES string of the molecule is CC(C)CN(c1sc([C@@H](C)O)cc1[N+](=O)[O-])C1CC1. The second kappa shape index (κ2) is 5.46. The maximum absolute atomic E-state index is 11.2. The molecule has 1 saturated carbocycles. The molecule has 5 nitrogen and oxygen atoms in total. The minimum absolute atomic E-state index is 0.133. The van der Waals surface area contributed by atoms with Crippen molar-refractivity contribution in [3.63, 3.8) is 0 Å². The summed E-state index contributed by atoms with van der Waals surface area (Å²) in [4.78, 5) is 13.7. The van der Waals surface area contributed by atoms with Crippen LogP contribution in [0.5, 0.6) is 0 Å². The van der Waals surface area contributed by atoms with E-state index in [1.165, 1.54) is 17.4 Å². The van der Waals surface area contributed by atoms with Gasteiger partial charge in [0, 0.05) is 23.5 Å². The lowest BCUT2D eigenvalue weighted by Crippen LogP contribution is -2.29. The topological polar surface area (TPSA) is 66.6 Å². The van der Waals surface area contributed by atoms with Gasteiger partial charge in [0.15, 0.2) is 5.00 Å². The Morgan fingerprint density at radius 2 is 2.16 bits per heavy atom. The van der Waals surface area contributed by atoms with Crippen LogP contribution in [0.2, 0.25) is 0 Å². The first-order valence-electron chi connectivity index (χ1n) is 6.63. The van der Waals surface area contributed by atoms with Crippen LogP contribution in [0.25, 0.3) is 0 Å². The van der Waals surface area contributed by atoms with Gasteiger partial charge in [0.25, 0.3) is 0 Å². The van der Waals surface area contributed by atoms with E-state index in [0.717, 1.165) is 19.4 Å². The van der Waals surface area contributed by atoms with Crippen molar-refractivity contribution in [1.82, 2.24) is 0 Å². The number of hydrogen-bond acceptors (Lipinski definition) is 5. The maximum atomic E-state index is 11.2. The summed E-state index contributed by atoms with van der Waals surface area (Å²) in [5.74, 6) is 0.456. The molecule has 0 aliphatic heterocycles. The molecule has 0 unspecified atom stereocenters. The number of aliphatic hydroxyl groups excluding tert-OH is 1. The van der Waals surface area contributed by atoms with Crippen LogP contribution in [-0.2, 0) is 0 Å². The molecule has 0 amide bonds. The zero-order valence-corrected chi connectivity index (χ0v) is 12.3. The summed E-state index contributed by atoms with van der Waals surface area (Å²) in [5.41, 5.74) is 0.133. The minimum atomic E-state index is -0.655. The first-order valence-corrected chi connectivity index (χ1v) is 7.44. The lowest BCUT2D eigenvalue weighted by Gasteiger charge is -2.24. The van der Waals surface area contributed by atoms with Crippen LogP contribution >= 0.6 is 11.3 Å². The van der Waals surface area contributed by atoms with Crippen molar-refractivity contribution < 1.29 is 10.0 Å². The Labute approximate surface area is 117 Å². The van der Waals surface area contributed by atoms with E-state index in [1.807, 2.05) is 0 Å². The summed E-state index contributed by atoms with van der Waals surface area (Å²) in [7, 11) is 0. The molecule has 1 heterocycles. The van der Waals surface area contributed by atoms with Crippen molar-refractivity contribution in [1.29, 1.82) is 0 Å². The highest BCUT2D eigenvalue weighted by Gasteiger charge is 2.35. The highest BCUT2D eigenvalue weighted by Crippen LogP contribution is 2.44. The normalized spacial score (nSPS) is 16.7. The average molecular weight is 284 g/mol. The van der Waals surface area contributed by atoms with Gasteiger partial charge in [0.1, 0.15) is 0 Å². The fourth-order valence-corrected chi connectivity index (χ4v) is 3.25. The monoisotopic (exact) mass is 284 g/mol. The largest absolute Gasteiger partial charge is 0.388 e. The van der Waals surface area contributed by atoms with Gasteiger partial charge >= 0.3 is 5.69 Å². The summed E-state index contributed by atoms with van der Waals surface area (Å²) in [6.45, 7) is 6.70. The molecule has 0 radical (unpaired) electrons. The molecular formula is C13H20N2O3S. The predicted octanol–water partition coefficient (Wildman–Crippen LogP) is 3.33. The van der Waals surface area contributed by atoms with Crippen molar-refractivity contribution in [2.45, 2.75) is 45.8 Å². The Morgan fingerprint density at radius 3 is 2.58 bits per heavy atom. The van der Waals surface area contributed by atoms with E-state index in [-0.39, 0.29) is 10.6 Å². The molecule has 6 heteroatoms. The third kappa shape index (κ3) is 3.25. The standard InChI is InChI=1S/C13H20N2O3S/c1-8(2)7-14(10-4-5-10)13-11(15(17)18)6-12(19-13)9(3)16/h6,8-10,16H,4-5,7H2,1-3H3/t9-/m1/s1. The summed E-state index contributed by atoms with van der Waals surface area (Å²) in [6.07, 6.45) is 1.55. The number of rotatable bonds is 6. The van der Waals surface area contributed by atoms with E-state index in [2.05, 4.69) is 18.7 Å². The average Bonchev–Trinajstić information content (AvgIpc) is 3.03. The smallest absolute Gasteiger partial charge is 0.304 e. The molecule has 1 N–H and O–H groups in total. The zero-order valence-electron chi connectivity index (χ0n) is 11.5. The quantitative estimate of drug-likeness (QED) is 0.642. The molecule has 1 fully saturated rings. The van der Waals surface area contributed by atoms with Gasteiger partial charge in [-0.05, 0) is 25.7 Å². The lowest BCUT2D eigenvalue weighted by molar-refractivity contribution is -0.383. The molecular weight excluding hydrogens is 264 g/mol. The lowest BCUT2D eigenvalue weighted by atomic mass is 10.2. The first kappa shape index (κ1) is 14.3. The number of nitro groups is 1. The van der Waals surface area contributed by atoms with Gasteiger partial charge in [0.2, 0.25) is 0 Å². The van der Waals surface area contributed by atoms with Crippen LogP contribution in [-0.4, -0.2) is 22.6 Å². The molecule has 0 aromatic carbocycles. The van der Waals surface area contributed by atoms with Crippen molar-refractivity contribution in [3.05, 3.63) is 21.1 Å². The van der Waals surface area contributed by atoms with Gasteiger partial charge in [-0.25, -0.2) is 0 Å². The third-order valence-corrected chi connectivity index (χ3v) is 4.46. The van der Waals surface area contributed by atoms with Gasteiger partial charge in [-0.15, -0.1) is 11.3 Å². The second-order valence-electron chi connectivity index (χ2n) is 5.55. The third-order valence-electron chi connectivity index (χ3n) is 3.13. The van der Waals surface area contributed by atoms with E-state index in [1.54, 1.807) is 6.92 Å². The van der Waals surface area contributed by atoms with E-state index in [0.29, 0.717) is 21.8 Å². The Kier molecular flexibility index (Phi) is 4.10. The first-order chi connectivity index (χ1) is 8.90. The number of nitrogens with zero attached hydrogens (tertiary/aromatic N) is 2. The van der Waals surface area contributed by atoms with E-state index in [9.17, 15) is 15.2 Å². The molecule has 0 bridgehead atoms. The van der Waals surface area contributed by atoms with Crippen LogP contribution in [0.3, 0.4) is 0 Å². The van der Waals surface area contributed by atoms with Crippen molar-refractivity contribution in [2.75, 3.05) is 11.4 Å². The van der Waals surface area contributed by atoms with E-state index >= 15 is 0 Å². The van der Waals surface area contributed by atoms with Gasteiger partial charge in [-0.3, -0.25) is 10.1 Å². The van der Waals surface area contributed by atoms with E-state index in [4.69, 9.17) is 0 Å². The van der Waals surface area contributed by atoms with Crippen LogP contribution in [0.15, 0.2) is 6.07 Å². The summed E-state index contributed by atoms with van der Waals surface area (Å²) < 4.78 is 0. The Balaban J connectivity index is 2.36. The van der Waals surface area contributed by atoms with Gasteiger partial charge in [0.05, 0.1) is 11.0 Å². The number of anilines is 1. The van der Waals surface area contributed by atoms with E-state index < -0.39 is 6.10 Å². The Morgan fingerprint density at radius 1 is 1.53 bits per heavy atom. The molecule has 1 aromatic heterocycles. The maximum Gasteiger partial charge on any atom is 0.304 e. The highest BCUT2D eigenvalue weighted by atomic mass is 32.1. The molecule has 0 spiro atoms. The van der Waals surface area contributed by atoms with Gasteiger partial charge in [-0.2, -0.15) is 0 Å². The molecule has 106 valence electrons. The van der Waals surface area contributed by atoms with Crippen LogP contribution in [0.1, 0.15) is 44.6 Å². The van der Waals surface area contributed by atoms with Crippen LogP contribution in [0, 0.1) is 16.0 Å². The molecule has 1 aromatic rings. The van der Waals surface area contributed by atoms with Crippen molar-refractivity contribution >= 4 is 22.0 Å². The van der Waals surface area contributed by atoms with Crippen LogP contribution in [0.4, 0.5) is 10.7 Å². The van der Waals surface area contributed by atoms with Crippen molar-refractivity contribution in [3.8, 4) is 0 Å². The molecule has 1 aliphatic carbocycles. The minimum Gasteiger partial charge on any atom is -0.388 e. The Hall–Kier alpha value is -1.14. The molecule has 0 saturated heterocycles. The summed E-state index contributed by atoms with van der Waals surface area (Å²) in [5, 5.41) is 21.5. The number of thiophene rings is 1. The summed E-state index contributed by atoms with van der Waals surface area (Å²) >= 11 is 1.35. The highest BCUT2D eigenvalue weighted by molar-refractivity contribution is 7.16.